The largest absolute Gasteiger partial charge is 0.306 e. The van der Waals surface area contributed by atoms with Gasteiger partial charge in [-0.2, -0.15) is 5.10 Å². The second-order valence-electron chi connectivity index (χ2n) is 7.88. The maximum atomic E-state index is 12.6. The van der Waals surface area contributed by atoms with Gasteiger partial charge in [-0.3, -0.25) is 4.68 Å². The van der Waals surface area contributed by atoms with Crippen molar-refractivity contribution in [1.82, 2.24) is 23.9 Å². The molecule has 31 heavy (non-hydrogen) atoms. The Balaban J connectivity index is 1.23. The van der Waals surface area contributed by atoms with Crippen LogP contribution in [0, 0.1) is 0 Å². The predicted molar refractivity (Wildman–Crippen MR) is 119 cm³/mol. The molecular formula is C22H22ClN5O2S. The predicted octanol–water partition coefficient (Wildman–Crippen LogP) is 3.63. The fraction of sp³-hybridized carbons (Fsp3) is 0.273. The molecule has 1 N–H and O–H groups in total. The van der Waals surface area contributed by atoms with E-state index in [2.05, 4.69) is 27.1 Å². The van der Waals surface area contributed by atoms with Crippen molar-refractivity contribution in [2.75, 3.05) is 6.54 Å². The molecule has 0 amide bonds. The lowest BCUT2D eigenvalue weighted by Gasteiger charge is -2.05. The maximum absolute atomic E-state index is 12.6. The van der Waals surface area contributed by atoms with E-state index in [1.54, 1.807) is 16.8 Å². The van der Waals surface area contributed by atoms with Gasteiger partial charge in [0.2, 0.25) is 10.0 Å². The number of hydrogen-bond acceptors (Lipinski definition) is 4. The number of fused-ring (bicyclic) bond motifs is 1. The van der Waals surface area contributed by atoms with Crippen LogP contribution in [0.2, 0.25) is 5.02 Å². The lowest BCUT2D eigenvalue weighted by Crippen LogP contribution is -2.25. The molecule has 0 atom stereocenters. The molecular weight excluding hydrogens is 434 g/mol. The Morgan fingerprint density at radius 3 is 2.65 bits per heavy atom. The molecule has 4 aromatic rings. The van der Waals surface area contributed by atoms with Crippen molar-refractivity contribution in [3.63, 3.8) is 0 Å². The van der Waals surface area contributed by atoms with Crippen LogP contribution in [0.1, 0.15) is 35.6 Å². The fourth-order valence-electron chi connectivity index (χ4n) is 3.60. The van der Waals surface area contributed by atoms with Crippen LogP contribution < -0.4 is 4.72 Å². The average molecular weight is 456 g/mol. The summed E-state index contributed by atoms with van der Waals surface area (Å²) in [5.41, 5.74) is 4.06. The second kappa shape index (κ2) is 8.11. The molecule has 0 radical (unpaired) electrons. The van der Waals surface area contributed by atoms with Crippen LogP contribution >= 0.6 is 11.6 Å². The third kappa shape index (κ3) is 4.66. The molecule has 5 rings (SSSR count). The number of nitrogens with zero attached hydrogens (tertiary/aromatic N) is 4. The van der Waals surface area contributed by atoms with E-state index in [4.69, 9.17) is 11.6 Å². The van der Waals surface area contributed by atoms with Crippen LogP contribution in [-0.4, -0.2) is 34.1 Å². The van der Waals surface area contributed by atoms with Crippen molar-refractivity contribution in [3.05, 3.63) is 83.0 Å². The van der Waals surface area contributed by atoms with Gasteiger partial charge in [0.05, 0.1) is 18.4 Å². The van der Waals surface area contributed by atoms with Crippen molar-refractivity contribution < 1.29 is 8.42 Å². The monoisotopic (exact) mass is 455 g/mol. The molecule has 3 aromatic heterocycles. The van der Waals surface area contributed by atoms with Crippen molar-refractivity contribution in [1.29, 1.82) is 0 Å². The first-order valence-electron chi connectivity index (χ1n) is 10.2. The minimum atomic E-state index is -3.63. The molecule has 0 saturated heterocycles. The molecule has 7 nitrogen and oxygen atoms in total. The first kappa shape index (κ1) is 20.2. The Kier molecular flexibility index (Phi) is 5.29. The van der Waals surface area contributed by atoms with E-state index in [0.29, 0.717) is 30.5 Å². The molecule has 1 fully saturated rings. The molecule has 1 aliphatic rings. The van der Waals surface area contributed by atoms with Gasteiger partial charge in [-0.25, -0.2) is 18.1 Å². The highest BCUT2D eigenvalue weighted by molar-refractivity contribution is 7.89. The first-order valence-corrected chi connectivity index (χ1v) is 12.1. The summed E-state index contributed by atoms with van der Waals surface area (Å²) in [5, 5.41) is 4.87. The number of benzene rings is 1. The topological polar surface area (TPSA) is 81.3 Å². The highest BCUT2D eigenvalue weighted by atomic mass is 35.5. The summed E-state index contributed by atoms with van der Waals surface area (Å²) in [6.45, 7) is 0.700. The molecule has 0 spiro atoms. The van der Waals surface area contributed by atoms with E-state index in [9.17, 15) is 8.42 Å². The lowest BCUT2D eigenvalue weighted by atomic mass is 10.2. The van der Waals surface area contributed by atoms with E-state index >= 15 is 0 Å². The normalized spacial score (nSPS) is 14.4. The first-order chi connectivity index (χ1) is 15.0. The lowest BCUT2D eigenvalue weighted by molar-refractivity contribution is 0.581. The van der Waals surface area contributed by atoms with Gasteiger partial charge in [-0.05, 0) is 54.5 Å². The van der Waals surface area contributed by atoms with E-state index in [-0.39, 0.29) is 4.90 Å². The molecule has 1 aliphatic carbocycles. The zero-order valence-corrected chi connectivity index (χ0v) is 18.4. The molecule has 1 aromatic carbocycles. The minimum absolute atomic E-state index is 0.142. The van der Waals surface area contributed by atoms with E-state index in [1.165, 1.54) is 30.8 Å². The highest BCUT2D eigenvalue weighted by Crippen LogP contribution is 2.39. The molecule has 0 unspecified atom stereocenters. The third-order valence-corrected chi connectivity index (χ3v) is 7.10. The van der Waals surface area contributed by atoms with Gasteiger partial charge in [-0.15, -0.1) is 0 Å². The standard InChI is InChI=1S/C22H22ClN5O2S/c23-19-6-1-16(2-7-19)9-10-25-31(29,30)21-11-24-28(15-21)14-20-13-27-12-18(17-3-4-17)5-8-22(27)26-20/h1-2,5-8,11-13,15,17,25H,3-4,9-10,14H2. The minimum Gasteiger partial charge on any atom is -0.306 e. The summed E-state index contributed by atoms with van der Waals surface area (Å²) in [7, 11) is -3.63. The highest BCUT2D eigenvalue weighted by Gasteiger charge is 2.23. The van der Waals surface area contributed by atoms with Crippen LogP contribution in [0.15, 0.2) is 66.1 Å². The third-order valence-electron chi connectivity index (χ3n) is 5.44. The Morgan fingerprint density at radius 2 is 1.87 bits per heavy atom. The summed E-state index contributed by atoms with van der Waals surface area (Å²) in [6.07, 6.45) is 10.1. The second-order valence-corrected chi connectivity index (χ2v) is 10.1. The van der Waals surface area contributed by atoms with Gasteiger partial charge in [0.25, 0.3) is 0 Å². The molecule has 0 bridgehead atoms. The van der Waals surface area contributed by atoms with Gasteiger partial charge in [0.1, 0.15) is 10.5 Å². The van der Waals surface area contributed by atoms with Gasteiger partial charge in [0, 0.05) is 30.2 Å². The zero-order valence-electron chi connectivity index (χ0n) is 16.8. The SMILES string of the molecule is O=S(=O)(NCCc1ccc(Cl)cc1)c1cnn(Cc2cn3cc(C4CC4)ccc3n2)c1. The number of halogens is 1. The number of imidazole rings is 1. The van der Waals surface area contributed by atoms with Gasteiger partial charge < -0.3 is 4.40 Å². The summed E-state index contributed by atoms with van der Waals surface area (Å²) >= 11 is 5.88. The molecule has 1 saturated carbocycles. The van der Waals surface area contributed by atoms with Crippen LogP contribution in [0.4, 0.5) is 0 Å². The van der Waals surface area contributed by atoms with Gasteiger partial charge in [-0.1, -0.05) is 29.8 Å². The summed E-state index contributed by atoms with van der Waals surface area (Å²) in [5.74, 6) is 0.682. The molecule has 160 valence electrons. The van der Waals surface area contributed by atoms with Crippen molar-refractivity contribution in [2.45, 2.75) is 36.6 Å². The summed E-state index contributed by atoms with van der Waals surface area (Å²) in [6, 6.07) is 11.5. The van der Waals surface area contributed by atoms with Crippen molar-refractivity contribution >= 4 is 27.3 Å². The van der Waals surface area contributed by atoms with E-state index in [1.807, 2.05) is 28.8 Å². The van der Waals surface area contributed by atoms with Crippen LogP contribution in [0.5, 0.6) is 0 Å². The van der Waals surface area contributed by atoms with Gasteiger partial charge in [0.15, 0.2) is 0 Å². The number of sulfonamides is 1. The van der Waals surface area contributed by atoms with Crippen molar-refractivity contribution in [2.24, 2.45) is 0 Å². The quantitative estimate of drug-likeness (QED) is 0.440. The number of rotatable bonds is 8. The van der Waals surface area contributed by atoms with Gasteiger partial charge >= 0.3 is 0 Å². The Labute approximate surface area is 185 Å². The number of pyridine rings is 1. The van der Waals surface area contributed by atoms with Crippen LogP contribution in [-0.2, 0) is 23.0 Å². The zero-order chi connectivity index (χ0) is 21.4. The number of hydrogen-bond donors (Lipinski definition) is 1. The Bertz CT molecular complexity index is 1320. The van der Waals surface area contributed by atoms with E-state index in [0.717, 1.165) is 16.9 Å². The molecule has 9 heteroatoms. The fourth-order valence-corrected chi connectivity index (χ4v) is 4.71. The van der Waals surface area contributed by atoms with E-state index < -0.39 is 10.0 Å². The Hall–Kier alpha value is -2.68. The summed E-state index contributed by atoms with van der Waals surface area (Å²) < 4.78 is 31.4. The van der Waals surface area contributed by atoms with Crippen molar-refractivity contribution in [3.8, 4) is 0 Å². The maximum Gasteiger partial charge on any atom is 0.243 e. The van der Waals surface area contributed by atoms with Crippen LogP contribution in [0.3, 0.4) is 0 Å². The molecule has 0 aliphatic heterocycles. The Morgan fingerprint density at radius 1 is 1.06 bits per heavy atom. The van der Waals surface area contributed by atoms with Crippen LogP contribution in [0.25, 0.3) is 5.65 Å². The number of aromatic nitrogens is 4. The summed E-state index contributed by atoms with van der Waals surface area (Å²) in [4.78, 5) is 4.76. The molecule has 3 heterocycles. The smallest absolute Gasteiger partial charge is 0.243 e. The number of nitrogens with one attached hydrogen (secondary N) is 1. The average Bonchev–Trinajstić information content (AvgIpc) is 3.35.